The minimum Gasteiger partial charge on any atom is -0.395 e. The molecule has 2 aliphatic rings. The number of fused-ring (bicyclic) bond motifs is 1. The van der Waals surface area contributed by atoms with Crippen molar-refractivity contribution in [2.24, 2.45) is 11.1 Å². The zero-order valence-electron chi connectivity index (χ0n) is 12.1. The van der Waals surface area contributed by atoms with Gasteiger partial charge in [0, 0.05) is 10.6 Å². The quantitative estimate of drug-likeness (QED) is 0.861. The van der Waals surface area contributed by atoms with Crippen LogP contribution < -0.4 is 5.32 Å². The largest absolute Gasteiger partial charge is 0.395 e. The number of nitrogens with one attached hydrogen (secondary N) is 1. The van der Waals surface area contributed by atoms with Gasteiger partial charge in [-0.2, -0.15) is 0 Å². The number of hydrogen-bond donors (Lipinski definition) is 1. The summed E-state index contributed by atoms with van der Waals surface area (Å²) in [6.07, 6.45) is 6.25. The molecule has 1 aromatic rings. The van der Waals surface area contributed by atoms with E-state index in [1.54, 1.807) is 6.07 Å². The van der Waals surface area contributed by atoms with Gasteiger partial charge in [0.05, 0.1) is 5.69 Å². The van der Waals surface area contributed by atoms with Crippen LogP contribution in [0.4, 0.5) is 5.69 Å². The van der Waals surface area contributed by atoms with Gasteiger partial charge < -0.3 is 10.2 Å². The number of amides is 1. The molecule has 112 valence electrons. The number of rotatable bonds is 3. The van der Waals surface area contributed by atoms with Crippen LogP contribution in [0.2, 0.25) is 5.02 Å². The van der Waals surface area contributed by atoms with E-state index in [2.05, 4.69) is 10.5 Å². The SMILES string of the molecule is Cc1c(Cl)ccc2c1NC(=O)C2=NOCC1CCCCC1. The van der Waals surface area contributed by atoms with Gasteiger partial charge in [-0.3, -0.25) is 4.79 Å². The van der Waals surface area contributed by atoms with Crippen molar-refractivity contribution in [3.05, 3.63) is 28.3 Å². The zero-order valence-corrected chi connectivity index (χ0v) is 12.9. The van der Waals surface area contributed by atoms with Crippen molar-refractivity contribution in [2.45, 2.75) is 39.0 Å². The molecule has 1 aliphatic carbocycles. The van der Waals surface area contributed by atoms with Gasteiger partial charge in [0.2, 0.25) is 0 Å². The molecular weight excluding hydrogens is 288 g/mol. The molecule has 1 N–H and O–H groups in total. The molecule has 0 saturated heterocycles. The molecule has 1 amide bonds. The molecule has 1 fully saturated rings. The Kier molecular flexibility index (Phi) is 4.15. The second kappa shape index (κ2) is 6.06. The fraction of sp³-hybridized carbons (Fsp3) is 0.500. The molecule has 0 radical (unpaired) electrons. The van der Waals surface area contributed by atoms with Gasteiger partial charge in [-0.25, -0.2) is 0 Å². The van der Waals surface area contributed by atoms with Crippen LogP contribution in [-0.2, 0) is 9.63 Å². The monoisotopic (exact) mass is 306 g/mol. The highest BCUT2D eigenvalue weighted by Gasteiger charge is 2.29. The number of carbonyl (C=O) groups is 1. The maximum atomic E-state index is 12.0. The van der Waals surface area contributed by atoms with E-state index in [4.69, 9.17) is 16.4 Å². The van der Waals surface area contributed by atoms with Crippen LogP contribution in [0, 0.1) is 12.8 Å². The summed E-state index contributed by atoms with van der Waals surface area (Å²) in [5.41, 5.74) is 2.72. The van der Waals surface area contributed by atoms with Gasteiger partial charge in [0.15, 0.2) is 5.71 Å². The molecule has 4 nitrogen and oxygen atoms in total. The van der Waals surface area contributed by atoms with Crippen molar-refractivity contribution in [3.63, 3.8) is 0 Å². The van der Waals surface area contributed by atoms with Crippen LogP contribution in [-0.4, -0.2) is 18.2 Å². The van der Waals surface area contributed by atoms with Crippen LogP contribution in [0.25, 0.3) is 0 Å². The highest BCUT2D eigenvalue weighted by molar-refractivity contribution is 6.54. The molecule has 0 unspecified atom stereocenters. The van der Waals surface area contributed by atoms with E-state index in [0.29, 0.717) is 23.3 Å². The van der Waals surface area contributed by atoms with Gasteiger partial charge >= 0.3 is 0 Å². The molecule has 0 spiro atoms. The third kappa shape index (κ3) is 2.91. The van der Waals surface area contributed by atoms with E-state index in [1.807, 2.05) is 13.0 Å². The first-order valence-electron chi connectivity index (χ1n) is 7.47. The molecule has 1 saturated carbocycles. The van der Waals surface area contributed by atoms with Gasteiger partial charge in [-0.05, 0) is 43.4 Å². The van der Waals surface area contributed by atoms with E-state index in [1.165, 1.54) is 32.1 Å². The van der Waals surface area contributed by atoms with Crippen LogP contribution in [0.1, 0.15) is 43.2 Å². The Balaban J connectivity index is 1.73. The predicted octanol–water partition coefficient (Wildman–Crippen LogP) is 3.90. The number of halogens is 1. The van der Waals surface area contributed by atoms with Crippen LogP contribution in [0.15, 0.2) is 17.3 Å². The van der Waals surface area contributed by atoms with Gasteiger partial charge in [0.1, 0.15) is 6.61 Å². The Labute approximate surface area is 129 Å². The van der Waals surface area contributed by atoms with Crippen molar-refractivity contribution in [3.8, 4) is 0 Å². The molecule has 5 heteroatoms. The van der Waals surface area contributed by atoms with Crippen molar-refractivity contribution >= 4 is 28.9 Å². The van der Waals surface area contributed by atoms with Crippen LogP contribution >= 0.6 is 11.6 Å². The Hall–Kier alpha value is -1.55. The summed E-state index contributed by atoms with van der Waals surface area (Å²) < 4.78 is 0. The molecule has 0 aromatic heterocycles. The Bertz CT molecular complexity index is 592. The minimum absolute atomic E-state index is 0.223. The normalized spacial score (nSPS) is 20.5. The molecule has 3 rings (SSSR count). The van der Waals surface area contributed by atoms with Crippen molar-refractivity contribution in [1.82, 2.24) is 0 Å². The first kappa shape index (κ1) is 14.4. The molecule has 21 heavy (non-hydrogen) atoms. The lowest BCUT2D eigenvalue weighted by Gasteiger charge is -2.19. The number of benzene rings is 1. The summed E-state index contributed by atoms with van der Waals surface area (Å²) >= 11 is 6.07. The van der Waals surface area contributed by atoms with E-state index < -0.39 is 0 Å². The summed E-state index contributed by atoms with van der Waals surface area (Å²) in [7, 11) is 0. The Morgan fingerprint density at radius 2 is 2.10 bits per heavy atom. The van der Waals surface area contributed by atoms with E-state index >= 15 is 0 Å². The van der Waals surface area contributed by atoms with Crippen molar-refractivity contribution in [1.29, 1.82) is 0 Å². The fourth-order valence-corrected chi connectivity index (χ4v) is 3.15. The second-order valence-electron chi connectivity index (χ2n) is 5.79. The number of hydrogen-bond acceptors (Lipinski definition) is 3. The molecule has 1 aromatic carbocycles. The zero-order chi connectivity index (χ0) is 14.8. The van der Waals surface area contributed by atoms with Gasteiger partial charge in [0.25, 0.3) is 5.91 Å². The molecule has 1 aliphatic heterocycles. The lowest BCUT2D eigenvalue weighted by Crippen LogP contribution is -2.16. The second-order valence-corrected chi connectivity index (χ2v) is 6.20. The van der Waals surface area contributed by atoms with E-state index in [0.717, 1.165) is 16.8 Å². The van der Waals surface area contributed by atoms with E-state index in [9.17, 15) is 4.79 Å². The van der Waals surface area contributed by atoms with Gasteiger partial charge in [-0.1, -0.05) is 36.0 Å². The summed E-state index contributed by atoms with van der Waals surface area (Å²) in [4.78, 5) is 17.5. The molecule has 0 bridgehead atoms. The predicted molar refractivity (Wildman–Crippen MR) is 83.9 cm³/mol. The number of oxime groups is 1. The number of nitrogens with zero attached hydrogens (tertiary/aromatic N) is 1. The third-order valence-electron chi connectivity index (χ3n) is 4.30. The summed E-state index contributed by atoms with van der Waals surface area (Å²) in [5, 5.41) is 7.52. The molecule has 1 heterocycles. The first-order valence-corrected chi connectivity index (χ1v) is 7.85. The highest BCUT2D eigenvalue weighted by atomic mass is 35.5. The average Bonchev–Trinajstić information content (AvgIpc) is 2.81. The maximum absolute atomic E-state index is 12.0. The highest BCUT2D eigenvalue weighted by Crippen LogP contribution is 2.32. The Morgan fingerprint density at radius 3 is 2.86 bits per heavy atom. The maximum Gasteiger partial charge on any atom is 0.278 e. The van der Waals surface area contributed by atoms with Gasteiger partial charge in [-0.15, -0.1) is 0 Å². The number of anilines is 1. The van der Waals surface area contributed by atoms with Crippen molar-refractivity contribution < 1.29 is 9.63 Å². The van der Waals surface area contributed by atoms with Crippen molar-refractivity contribution in [2.75, 3.05) is 11.9 Å². The van der Waals surface area contributed by atoms with Crippen LogP contribution in [0.5, 0.6) is 0 Å². The molecular formula is C16H19ClN2O2. The smallest absolute Gasteiger partial charge is 0.278 e. The lowest BCUT2D eigenvalue weighted by atomic mass is 9.90. The Morgan fingerprint density at radius 1 is 1.33 bits per heavy atom. The lowest BCUT2D eigenvalue weighted by molar-refractivity contribution is -0.110. The first-order chi connectivity index (χ1) is 10.2. The summed E-state index contributed by atoms with van der Waals surface area (Å²) in [6, 6.07) is 3.60. The third-order valence-corrected chi connectivity index (χ3v) is 4.71. The molecule has 0 atom stereocenters. The average molecular weight is 307 g/mol. The summed E-state index contributed by atoms with van der Waals surface area (Å²) in [6.45, 7) is 2.48. The number of carbonyl (C=O) groups excluding carboxylic acids is 1. The summed E-state index contributed by atoms with van der Waals surface area (Å²) in [5.74, 6) is 0.345. The van der Waals surface area contributed by atoms with E-state index in [-0.39, 0.29) is 5.91 Å². The standard InChI is InChI=1S/C16H19ClN2O2/c1-10-13(17)8-7-12-14(10)18-16(20)15(12)19-21-9-11-5-3-2-4-6-11/h7-8,11H,2-6,9H2,1H3,(H,18,19,20). The topological polar surface area (TPSA) is 50.7 Å². The fourth-order valence-electron chi connectivity index (χ4n) is 2.99. The van der Waals surface area contributed by atoms with Crippen LogP contribution in [0.3, 0.4) is 0 Å². The minimum atomic E-state index is -0.223.